The number of rotatable bonds is 12. The highest BCUT2D eigenvalue weighted by atomic mass is 79.9. The summed E-state index contributed by atoms with van der Waals surface area (Å²) in [6.45, 7) is 7.74. The smallest absolute Gasteiger partial charge is 0.229 e. The number of piperazine rings is 1. The molecule has 14 heteroatoms. The lowest BCUT2D eigenvalue weighted by molar-refractivity contribution is 0.398. The zero-order chi connectivity index (χ0) is 37.1. The van der Waals surface area contributed by atoms with Gasteiger partial charge in [-0.05, 0) is 72.4 Å². The highest BCUT2D eigenvalue weighted by Crippen LogP contribution is 2.42. The van der Waals surface area contributed by atoms with Gasteiger partial charge in [-0.3, -0.25) is 9.98 Å². The number of aromatic nitrogens is 4. The SMILES string of the molecule is CN=CC(=CN)c1cc(Nc2ncc(Br)c(Nc3ccc4nc(C5CC5)ccc4c3P(C)C)n2)c(OC)cc1N1CCN(c2ccnc(OC)c2)CC1. The molecule has 2 fully saturated rings. The number of pyridine rings is 2. The first kappa shape index (κ1) is 36.4. The number of allylic oxidation sites excluding steroid dienone is 1. The number of anilines is 6. The molecule has 274 valence electrons. The Morgan fingerprint density at radius 2 is 1.74 bits per heavy atom. The van der Waals surface area contributed by atoms with Gasteiger partial charge in [-0.1, -0.05) is 14.0 Å². The van der Waals surface area contributed by atoms with Gasteiger partial charge in [-0.25, -0.2) is 9.97 Å². The van der Waals surface area contributed by atoms with Crippen LogP contribution in [0.25, 0.3) is 16.5 Å². The van der Waals surface area contributed by atoms with Crippen molar-refractivity contribution in [3.63, 3.8) is 0 Å². The van der Waals surface area contributed by atoms with Crippen LogP contribution < -0.4 is 40.9 Å². The molecule has 1 saturated heterocycles. The van der Waals surface area contributed by atoms with Crippen LogP contribution in [0.1, 0.15) is 30.0 Å². The second-order valence-corrected chi connectivity index (χ2v) is 16.3. The predicted octanol–water partition coefficient (Wildman–Crippen LogP) is 7.26. The number of benzene rings is 2. The van der Waals surface area contributed by atoms with E-state index in [0.29, 0.717) is 35.0 Å². The van der Waals surface area contributed by atoms with Crippen LogP contribution in [0.2, 0.25) is 0 Å². The summed E-state index contributed by atoms with van der Waals surface area (Å²) < 4.78 is 12.1. The van der Waals surface area contributed by atoms with Crippen molar-refractivity contribution < 1.29 is 9.47 Å². The molecule has 5 aromatic rings. The number of aliphatic imine (C=N–C) groups is 1. The van der Waals surface area contributed by atoms with Gasteiger partial charge in [0.2, 0.25) is 11.8 Å². The number of halogens is 1. The molecule has 0 bridgehead atoms. The fourth-order valence-electron chi connectivity index (χ4n) is 6.74. The van der Waals surface area contributed by atoms with Crippen molar-refractivity contribution in [2.75, 3.05) is 81.2 Å². The van der Waals surface area contributed by atoms with Crippen molar-refractivity contribution >= 4 is 86.4 Å². The van der Waals surface area contributed by atoms with Crippen molar-refractivity contribution in [2.24, 2.45) is 10.7 Å². The number of fused-ring (bicyclic) bond motifs is 1. The third kappa shape index (κ3) is 7.87. The van der Waals surface area contributed by atoms with E-state index >= 15 is 0 Å². The van der Waals surface area contributed by atoms with Crippen molar-refractivity contribution in [3.05, 3.63) is 82.9 Å². The lowest BCUT2D eigenvalue weighted by atomic mass is 10.0. The Bertz CT molecular complexity index is 2180. The van der Waals surface area contributed by atoms with E-state index in [4.69, 9.17) is 25.2 Å². The van der Waals surface area contributed by atoms with Gasteiger partial charge in [0.15, 0.2) is 0 Å². The molecule has 7 rings (SSSR count). The molecule has 4 heterocycles. The monoisotopic (exact) mass is 794 g/mol. The van der Waals surface area contributed by atoms with Crippen LogP contribution >= 0.6 is 23.9 Å². The van der Waals surface area contributed by atoms with Gasteiger partial charge in [-0.2, -0.15) is 4.98 Å². The van der Waals surface area contributed by atoms with E-state index < -0.39 is 7.92 Å². The molecule has 0 radical (unpaired) electrons. The van der Waals surface area contributed by atoms with Crippen LogP contribution in [-0.2, 0) is 0 Å². The fourth-order valence-corrected chi connectivity index (χ4v) is 8.31. The first-order valence-corrected chi connectivity index (χ1v) is 20.6. The van der Waals surface area contributed by atoms with Crippen LogP contribution in [0, 0.1) is 0 Å². The molecule has 53 heavy (non-hydrogen) atoms. The molecule has 3 aromatic heterocycles. The summed E-state index contributed by atoms with van der Waals surface area (Å²) in [7, 11) is 4.58. The predicted molar refractivity (Wildman–Crippen MR) is 223 cm³/mol. The highest BCUT2D eigenvalue weighted by molar-refractivity contribution is 9.10. The van der Waals surface area contributed by atoms with Crippen molar-refractivity contribution in [1.82, 2.24) is 19.9 Å². The minimum Gasteiger partial charge on any atom is -0.494 e. The Labute approximate surface area is 319 Å². The summed E-state index contributed by atoms with van der Waals surface area (Å²) in [5.74, 6) is 2.90. The van der Waals surface area contributed by atoms with E-state index in [-0.39, 0.29) is 0 Å². The van der Waals surface area contributed by atoms with Gasteiger partial charge in [0.05, 0.1) is 29.9 Å². The second kappa shape index (κ2) is 15.9. The second-order valence-electron chi connectivity index (χ2n) is 13.2. The van der Waals surface area contributed by atoms with Gasteiger partial charge in [0, 0.05) is 121 Å². The molecule has 4 N–H and O–H groups in total. The molecule has 1 saturated carbocycles. The largest absolute Gasteiger partial charge is 0.494 e. The Hall–Kier alpha value is -5.00. The Kier molecular flexibility index (Phi) is 10.9. The molecule has 0 atom stereocenters. The van der Waals surface area contributed by atoms with Gasteiger partial charge in [0.1, 0.15) is 11.6 Å². The molecular formula is C39H44BrN10O2P. The van der Waals surface area contributed by atoms with E-state index in [1.54, 1.807) is 46.1 Å². The third-order valence-corrected chi connectivity index (χ3v) is 11.5. The zero-order valence-electron chi connectivity index (χ0n) is 30.6. The standard InChI is InChI=1S/C39H44BrN10O2P/c1-42-22-25(21-41)28-19-33(35(51-2)20-34(28)50-16-14-49(15-17-50)26-12-13-43-36(18-26)52-3)47-39-44-23-29(40)38(48-39)46-32-11-10-31-27(37(32)53(4)5)8-9-30(45-31)24-6-7-24/h8-13,18-24H,6-7,14-17,41H2,1-5H3,(H2,44,46,47,48). The summed E-state index contributed by atoms with van der Waals surface area (Å²) in [6.07, 6.45) is 9.34. The van der Waals surface area contributed by atoms with Crippen LogP contribution in [0.4, 0.5) is 34.5 Å². The van der Waals surface area contributed by atoms with Crippen molar-refractivity contribution in [3.8, 4) is 11.6 Å². The number of methoxy groups -OCH3 is 2. The number of nitrogens with one attached hydrogen (secondary N) is 2. The van der Waals surface area contributed by atoms with E-state index in [2.05, 4.69) is 88.9 Å². The molecule has 12 nitrogen and oxygen atoms in total. The molecule has 0 spiro atoms. The van der Waals surface area contributed by atoms with Crippen molar-refractivity contribution in [2.45, 2.75) is 18.8 Å². The normalized spacial score (nSPS) is 15.0. The average Bonchev–Trinajstić information content (AvgIpc) is 4.04. The first-order valence-electron chi connectivity index (χ1n) is 17.5. The maximum Gasteiger partial charge on any atom is 0.229 e. The molecule has 2 aliphatic rings. The lowest BCUT2D eigenvalue weighted by Gasteiger charge is -2.38. The van der Waals surface area contributed by atoms with Crippen molar-refractivity contribution in [1.29, 1.82) is 0 Å². The maximum absolute atomic E-state index is 6.20. The van der Waals surface area contributed by atoms with E-state index in [1.807, 2.05) is 24.3 Å². The molecule has 1 aliphatic heterocycles. The Balaban J connectivity index is 1.18. The zero-order valence-corrected chi connectivity index (χ0v) is 33.1. The minimum atomic E-state index is -0.460. The Morgan fingerprint density at radius 1 is 0.943 bits per heavy atom. The summed E-state index contributed by atoms with van der Waals surface area (Å²) in [5, 5.41) is 9.46. The van der Waals surface area contributed by atoms with Crippen LogP contribution in [0.15, 0.2) is 76.6 Å². The highest BCUT2D eigenvalue weighted by Gasteiger charge is 2.26. The number of hydrogen-bond acceptors (Lipinski definition) is 12. The van der Waals surface area contributed by atoms with E-state index in [0.717, 1.165) is 64.4 Å². The summed E-state index contributed by atoms with van der Waals surface area (Å²) in [6, 6.07) is 16.7. The average molecular weight is 796 g/mol. The summed E-state index contributed by atoms with van der Waals surface area (Å²) in [5.41, 5.74) is 13.9. The van der Waals surface area contributed by atoms with Crippen LogP contribution in [-0.4, -0.2) is 86.9 Å². The minimum absolute atomic E-state index is 0.407. The van der Waals surface area contributed by atoms with Crippen LogP contribution in [0.5, 0.6) is 11.6 Å². The third-order valence-electron chi connectivity index (χ3n) is 9.54. The quantitative estimate of drug-likeness (QED) is 0.0869. The molecule has 0 amide bonds. The van der Waals surface area contributed by atoms with Crippen LogP contribution in [0.3, 0.4) is 0 Å². The number of ether oxygens (including phenoxy) is 2. The van der Waals surface area contributed by atoms with Gasteiger partial charge < -0.3 is 35.6 Å². The molecular weight excluding hydrogens is 751 g/mol. The number of nitrogens with zero attached hydrogens (tertiary/aromatic N) is 7. The van der Waals surface area contributed by atoms with Gasteiger partial charge >= 0.3 is 0 Å². The molecule has 1 aliphatic carbocycles. The fraction of sp³-hybridized carbons (Fsp3) is 0.308. The van der Waals surface area contributed by atoms with Gasteiger partial charge in [0.25, 0.3) is 0 Å². The Morgan fingerprint density at radius 3 is 2.43 bits per heavy atom. The maximum atomic E-state index is 6.20. The lowest BCUT2D eigenvalue weighted by Crippen LogP contribution is -2.46. The number of nitrogens with two attached hydrogens (primary N) is 1. The van der Waals surface area contributed by atoms with Gasteiger partial charge in [-0.15, -0.1) is 0 Å². The summed E-state index contributed by atoms with van der Waals surface area (Å²) in [4.78, 5) is 27.8. The topological polar surface area (TPSA) is 139 Å². The van der Waals surface area contributed by atoms with E-state index in [9.17, 15) is 0 Å². The molecule has 2 aromatic carbocycles. The summed E-state index contributed by atoms with van der Waals surface area (Å²) >= 11 is 3.68. The number of hydrogen-bond donors (Lipinski definition) is 3. The first-order chi connectivity index (χ1) is 25.8. The van der Waals surface area contributed by atoms with E-state index in [1.165, 1.54) is 29.2 Å². The molecule has 0 unspecified atom stereocenters.